The van der Waals surface area contributed by atoms with E-state index in [2.05, 4.69) is 37.2 Å². The third-order valence-corrected chi connectivity index (χ3v) is 2.29. The number of hydrazine groups is 1. The highest BCUT2D eigenvalue weighted by atomic mass is 15.2. The van der Waals surface area contributed by atoms with Crippen molar-refractivity contribution in [2.75, 3.05) is 0 Å². The number of hydrogen-bond acceptors (Lipinski definition) is 3. The molecule has 0 saturated heterocycles. The average molecular weight is 193 g/mol. The van der Waals surface area contributed by atoms with Crippen molar-refractivity contribution < 1.29 is 0 Å². The smallest absolute Gasteiger partial charge is 0.0637 e. The quantitative estimate of drug-likeness (QED) is 0.567. The highest BCUT2D eigenvalue weighted by Gasteiger charge is 2.14. The number of aromatic nitrogens is 1. The fourth-order valence-electron chi connectivity index (χ4n) is 1.59. The van der Waals surface area contributed by atoms with Crippen molar-refractivity contribution in [3.05, 3.63) is 29.6 Å². The maximum Gasteiger partial charge on any atom is 0.0637 e. The van der Waals surface area contributed by atoms with Crippen LogP contribution in [0.4, 0.5) is 0 Å². The van der Waals surface area contributed by atoms with Crippen LogP contribution in [0.25, 0.3) is 0 Å². The number of aryl methyl sites for hydroxylation is 1. The molecule has 0 aliphatic heterocycles. The minimum absolute atomic E-state index is 0.163. The van der Waals surface area contributed by atoms with Crippen molar-refractivity contribution in [3.63, 3.8) is 0 Å². The highest BCUT2D eigenvalue weighted by molar-refractivity contribution is 5.20. The van der Waals surface area contributed by atoms with Gasteiger partial charge in [-0.15, -0.1) is 0 Å². The van der Waals surface area contributed by atoms with Gasteiger partial charge in [-0.3, -0.25) is 16.3 Å². The number of nitrogens with zero attached hydrogens (tertiary/aromatic N) is 1. The van der Waals surface area contributed by atoms with E-state index in [1.165, 1.54) is 5.56 Å². The largest absolute Gasteiger partial charge is 0.271 e. The van der Waals surface area contributed by atoms with Crippen LogP contribution in [0.2, 0.25) is 0 Å². The van der Waals surface area contributed by atoms with E-state index in [4.69, 9.17) is 5.84 Å². The van der Waals surface area contributed by atoms with Crippen molar-refractivity contribution in [1.29, 1.82) is 0 Å². The number of rotatable bonds is 4. The highest BCUT2D eigenvalue weighted by Crippen LogP contribution is 2.20. The van der Waals surface area contributed by atoms with Gasteiger partial charge in [0.2, 0.25) is 0 Å². The zero-order chi connectivity index (χ0) is 10.6. The Balaban J connectivity index is 2.83. The van der Waals surface area contributed by atoms with Gasteiger partial charge in [0.25, 0.3) is 0 Å². The second kappa shape index (κ2) is 5.08. The van der Waals surface area contributed by atoms with Crippen LogP contribution in [-0.2, 0) is 0 Å². The summed E-state index contributed by atoms with van der Waals surface area (Å²) in [7, 11) is 0. The van der Waals surface area contributed by atoms with Gasteiger partial charge < -0.3 is 0 Å². The first-order chi connectivity index (χ1) is 6.65. The Bertz CT molecular complexity index is 284. The maximum atomic E-state index is 5.53. The monoisotopic (exact) mass is 193 g/mol. The van der Waals surface area contributed by atoms with Gasteiger partial charge in [0, 0.05) is 6.20 Å². The minimum atomic E-state index is 0.163. The average Bonchev–Trinajstić information content (AvgIpc) is 2.15. The number of pyridine rings is 1. The Labute approximate surface area is 85.7 Å². The van der Waals surface area contributed by atoms with E-state index in [-0.39, 0.29) is 6.04 Å². The van der Waals surface area contributed by atoms with Crippen molar-refractivity contribution in [2.45, 2.75) is 33.2 Å². The lowest BCUT2D eigenvalue weighted by Gasteiger charge is -2.18. The lowest BCUT2D eigenvalue weighted by atomic mass is 9.99. The molecule has 1 heterocycles. The number of nitrogens with one attached hydrogen (secondary N) is 1. The molecule has 0 spiro atoms. The Kier molecular flexibility index (Phi) is 4.04. The molecule has 1 aromatic rings. The summed E-state index contributed by atoms with van der Waals surface area (Å²) < 4.78 is 0. The molecule has 0 aliphatic rings. The summed E-state index contributed by atoms with van der Waals surface area (Å²) in [6.45, 7) is 6.43. The molecule has 78 valence electrons. The van der Waals surface area contributed by atoms with Crippen molar-refractivity contribution >= 4 is 0 Å². The van der Waals surface area contributed by atoms with E-state index in [9.17, 15) is 0 Å². The predicted octanol–water partition coefficient (Wildman–Crippen LogP) is 1.94. The van der Waals surface area contributed by atoms with Gasteiger partial charge in [-0.1, -0.05) is 19.9 Å². The van der Waals surface area contributed by atoms with Gasteiger partial charge in [0.05, 0.1) is 11.7 Å². The molecule has 14 heavy (non-hydrogen) atoms. The lowest BCUT2D eigenvalue weighted by molar-refractivity contribution is 0.429. The summed E-state index contributed by atoms with van der Waals surface area (Å²) in [5.41, 5.74) is 5.08. The third-order valence-electron chi connectivity index (χ3n) is 2.29. The van der Waals surface area contributed by atoms with Crippen molar-refractivity contribution in [1.82, 2.24) is 10.4 Å². The summed E-state index contributed by atoms with van der Waals surface area (Å²) in [4.78, 5) is 4.36. The van der Waals surface area contributed by atoms with Crippen LogP contribution in [-0.4, -0.2) is 4.98 Å². The Morgan fingerprint density at radius 1 is 1.50 bits per heavy atom. The second-order valence-electron chi connectivity index (χ2n) is 4.05. The van der Waals surface area contributed by atoms with Gasteiger partial charge >= 0.3 is 0 Å². The molecule has 0 fully saturated rings. The molecule has 1 aromatic heterocycles. The van der Waals surface area contributed by atoms with E-state index in [0.717, 1.165) is 12.1 Å². The van der Waals surface area contributed by atoms with Crippen LogP contribution < -0.4 is 11.3 Å². The Hall–Kier alpha value is -0.930. The SMILES string of the molecule is Cc1cccnc1C(CC(C)C)NN. The van der Waals surface area contributed by atoms with Crippen LogP contribution >= 0.6 is 0 Å². The maximum absolute atomic E-state index is 5.53. The van der Waals surface area contributed by atoms with Gasteiger partial charge in [0.1, 0.15) is 0 Å². The molecular formula is C11H19N3. The van der Waals surface area contributed by atoms with E-state index in [1.54, 1.807) is 0 Å². The van der Waals surface area contributed by atoms with Crippen LogP contribution in [0.1, 0.15) is 37.6 Å². The van der Waals surface area contributed by atoms with E-state index < -0.39 is 0 Å². The molecule has 3 nitrogen and oxygen atoms in total. The molecule has 0 amide bonds. The van der Waals surface area contributed by atoms with Crippen molar-refractivity contribution in [2.24, 2.45) is 11.8 Å². The van der Waals surface area contributed by atoms with E-state index in [0.29, 0.717) is 5.92 Å². The molecular weight excluding hydrogens is 174 g/mol. The van der Waals surface area contributed by atoms with E-state index in [1.807, 2.05) is 12.3 Å². The second-order valence-corrected chi connectivity index (χ2v) is 4.05. The van der Waals surface area contributed by atoms with Gasteiger partial charge in [0.15, 0.2) is 0 Å². The summed E-state index contributed by atoms with van der Waals surface area (Å²) in [5, 5.41) is 0. The normalized spacial score (nSPS) is 13.2. The first kappa shape index (κ1) is 11.1. The first-order valence-corrected chi connectivity index (χ1v) is 5.02. The fourth-order valence-corrected chi connectivity index (χ4v) is 1.59. The molecule has 3 heteroatoms. The third kappa shape index (κ3) is 2.79. The van der Waals surface area contributed by atoms with Crippen LogP contribution in [0, 0.1) is 12.8 Å². The number of hydrogen-bond donors (Lipinski definition) is 2. The molecule has 0 aliphatic carbocycles. The fraction of sp³-hybridized carbons (Fsp3) is 0.545. The topological polar surface area (TPSA) is 50.9 Å². The predicted molar refractivity (Wildman–Crippen MR) is 58.5 cm³/mol. The zero-order valence-corrected chi connectivity index (χ0v) is 9.12. The summed E-state index contributed by atoms with van der Waals surface area (Å²) in [6.07, 6.45) is 2.82. The van der Waals surface area contributed by atoms with Gasteiger partial charge in [-0.05, 0) is 30.9 Å². The van der Waals surface area contributed by atoms with Gasteiger partial charge in [-0.25, -0.2) is 0 Å². The van der Waals surface area contributed by atoms with E-state index >= 15 is 0 Å². The zero-order valence-electron chi connectivity index (χ0n) is 9.12. The Morgan fingerprint density at radius 3 is 2.71 bits per heavy atom. The van der Waals surface area contributed by atoms with Crippen molar-refractivity contribution in [3.8, 4) is 0 Å². The Morgan fingerprint density at radius 2 is 2.21 bits per heavy atom. The summed E-state index contributed by atoms with van der Waals surface area (Å²) >= 11 is 0. The molecule has 0 aromatic carbocycles. The standard InChI is InChI=1S/C11H19N3/c1-8(2)7-10(14-12)11-9(3)5-4-6-13-11/h4-6,8,10,14H,7,12H2,1-3H3. The van der Waals surface area contributed by atoms with Crippen LogP contribution in [0.5, 0.6) is 0 Å². The van der Waals surface area contributed by atoms with Crippen LogP contribution in [0.3, 0.4) is 0 Å². The minimum Gasteiger partial charge on any atom is -0.271 e. The molecule has 1 unspecified atom stereocenters. The van der Waals surface area contributed by atoms with Crippen LogP contribution in [0.15, 0.2) is 18.3 Å². The first-order valence-electron chi connectivity index (χ1n) is 5.02. The molecule has 3 N–H and O–H groups in total. The summed E-state index contributed by atoms with van der Waals surface area (Å²) in [5.74, 6) is 6.14. The molecule has 1 rings (SSSR count). The van der Waals surface area contributed by atoms with Gasteiger partial charge in [-0.2, -0.15) is 0 Å². The molecule has 0 radical (unpaired) electrons. The lowest BCUT2D eigenvalue weighted by Crippen LogP contribution is -2.30. The molecule has 1 atom stereocenters. The molecule has 0 bridgehead atoms. The number of nitrogens with two attached hydrogens (primary N) is 1. The summed E-state index contributed by atoms with van der Waals surface area (Å²) in [6, 6.07) is 4.17. The molecule has 0 saturated carbocycles.